The fraction of sp³-hybridized carbons (Fsp3) is 0.375. The summed E-state index contributed by atoms with van der Waals surface area (Å²) in [6, 6.07) is 2.91. The Hall–Kier alpha value is 0.1000. The van der Waals surface area contributed by atoms with Gasteiger partial charge in [-0.15, -0.1) is 11.3 Å². The van der Waals surface area contributed by atoms with Gasteiger partial charge in [0.1, 0.15) is 8.13 Å². The van der Waals surface area contributed by atoms with E-state index in [1.54, 1.807) is 0 Å². The Balaban J connectivity index is 2.66. The molecule has 1 unspecified atom stereocenters. The molecular weight excluding hydrogens is 401 g/mol. The van der Waals surface area contributed by atoms with Gasteiger partial charge in [0, 0.05) is 6.54 Å². The Labute approximate surface area is 122 Å². The molecule has 0 saturated carbocycles. The van der Waals surface area contributed by atoms with Gasteiger partial charge in [-0.3, -0.25) is 4.79 Å². The molecule has 0 aliphatic rings. The molecule has 0 bridgehead atoms. The maximum Gasteiger partial charge on any atom is 0.319 e. The highest BCUT2D eigenvalue weighted by Gasteiger charge is 2.21. The molecule has 1 rings (SSSR count). The van der Waals surface area contributed by atoms with Crippen LogP contribution in [0.5, 0.6) is 0 Å². The first-order valence-corrected chi connectivity index (χ1v) is 8.26. The van der Waals surface area contributed by atoms with Gasteiger partial charge in [0.2, 0.25) is 10.0 Å². The van der Waals surface area contributed by atoms with Gasteiger partial charge < -0.3 is 4.74 Å². The van der Waals surface area contributed by atoms with Crippen molar-refractivity contribution in [3.05, 3.63) is 16.5 Å². The minimum Gasteiger partial charge on any atom is -0.468 e. The largest absolute Gasteiger partial charge is 0.468 e. The zero-order valence-electron chi connectivity index (χ0n) is 8.64. The van der Waals surface area contributed by atoms with Crippen LogP contribution in [-0.2, 0) is 19.6 Å². The standard InChI is InChI=1S/C8H9ClINO4S2/c1-15-8(12)5(10)4-11-17(13,14)7-3-2-6(9)16-7/h2-3,5,11H,4H2,1H3. The number of halogens is 2. The molecule has 0 aromatic carbocycles. The molecule has 0 saturated heterocycles. The molecule has 0 radical (unpaired) electrons. The number of carbonyl (C=O) groups excluding carboxylic acids is 1. The van der Waals surface area contributed by atoms with Gasteiger partial charge in [-0.05, 0) is 12.1 Å². The van der Waals surface area contributed by atoms with Crippen LogP contribution >= 0.6 is 45.5 Å². The fourth-order valence-corrected chi connectivity index (χ4v) is 4.26. The van der Waals surface area contributed by atoms with Crippen LogP contribution in [0.3, 0.4) is 0 Å². The van der Waals surface area contributed by atoms with Gasteiger partial charge in [-0.1, -0.05) is 34.2 Å². The predicted molar refractivity (Wildman–Crippen MR) is 74.3 cm³/mol. The van der Waals surface area contributed by atoms with Crippen LogP contribution in [0.15, 0.2) is 16.3 Å². The van der Waals surface area contributed by atoms with Crippen molar-refractivity contribution in [1.82, 2.24) is 4.72 Å². The Morgan fingerprint density at radius 1 is 1.65 bits per heavy atom. The van der Waals surface area contributed by atoms with E-state index in [0.29, 0.717) is 4.34 Å². The highest BCUT2D eigenvalue weighted by Crippen LogP contribution is 2.25. The third-order valence-corrected chi connectivity index (χ3v) is 5.82. The second kappa shape index (κ2) is 6.32. The van der Waals surface area contributed by atoms with Gasteiger partial charge in [-0.25, -0.2) is 13.1 Å². The van der Waals surface area contributed by atoms with Crippen LogP contribution in [0, 0.1) is 0 Å². The predicted octanol–water partition coefficient (Wildman–Crippen LogP) is 1.66. The lowest BCUT2D eigenvalue weighted by Gasteiger charge is -2.08. The van der Waals surface area contributed by atoms with Crippen LogP contribution in [0.1, 0.15) is 0 Å². The Kier molecular flexibility index (Phi) is 5.64. The summed E-state index contributed by atoms with van der Waals surface area (Å²) in [5.41, 5.74) is 0. The number of nitrogens with one attached hydrogen (secondary N) is 1. The molecule has 0 amide bonds. The van der Waals surface area contributed by atoms with E-state index in [0.717, 1.165) is 11.3 Å². The molecule has 96 valence electrons. The van der Waals surface area contributed by atoms with E-state index in [1.165, 1.54) is 19.2 Å². The summed E-state index contributed by atoms with van der Waals surface area (Å²) in [5, 5.41) is 0. The van der Waals surface area contributed by atoms with Crippen molar-refractivity contribution in [2.45, 2.75) is 8.13 Å². The van der Waals surface area contributed by atoms with Crippen molar-refractivity contribution in [2.75, 3.05) is 13.7 Å². The average Bonchev–Trinajstić information content (AvgIpc) is 2.72. The van der Waals surface area contributed by atoms with Crippen LogP contribution in [0.25, 0.3) is 0 Å². The van der Waals surface area contributed by atoms with E-state index < -0.39 is 19.9 Å². The smallest absolute Gasteiger partial charge is 0.319 e. The molecule has 0 spiro atoms. The van der Waals surface area contributed by atoms with E-state index >= 15 is 0 Å². The van der Waals surface area contributed by atoms with E-state index in [1.807, 2.05) is 22.6 Å². The van der Waals surface area contributed by atoms with Crippen molar-refractivity contribution in [3.63, 3.8) is 0 Å². The summed E-state index contributed by atoms with van der Waals surface area (Å²) >= 11 is 8.42. The van der Waals surface area contributed by atoms with E-state index in [4.69, 9.17) is 11.6 Å². The molecule has 1 aromatic heterocycles. The molecule has 0 fully saturated rings. The normalized spacial score (nSPS) is 13.4. The summed E-state index contributed by atoms with van der Waals surface area (Å²) in [7, 11) is -2.35. The van der Waals surface area contributed by atoms with Crippen LogP contribution < -0.4 is 4.72 Å². The summed E-state index contributed by atoms with van der Waals surface area (Å²) in [6.07, 6.45) is 0. The average molecular weight is 410 g/mol. The third kappa shape index (κ3) is 4.36. The first-order valence-electron chi connectivity index (χ1n) is 4.33. The lowest BCUT2D eigenvalue weighted by Crippen LogP contribution is -2.33. The van der Waals surface area contributed by atoms with Crippen LogP contribution in [-0.4, -0.2) is 32.0 Å². The molecule has 17 heavy (non-hydrogen) atoms. The number of hydrogen-bond donors (Lipinski definition) is 1. The van der Waals surface area contributed by atoms with E-state index in [2.05, 4.69) is 9.46 Å². The van der Waals surface area contributed by atoms with Gasteiger partial charge in [0.05, 0.1) is 11.4 Å². The zero-order valence-corrected chi connectivity index (χ0v) is 13.2. The number of ether oxygens (including phenoxy) is 1. The fourth-order valence-electron chi connectivity index (χ4n) is 0.907. The van der Waals surface area contributed by atoms with Crippen molar-refractivity contribution in [3.8, 4) is 0 Å². The molecular formula is C8H9ClINO4S2. The number of thiophene rings is 1. The minimum atomic E-state index is -3.60. The van der Waals surface area contributed by atoms with E-state index in [9.17, 15) is 13.2 Å². The molecule has 1 atom stereocenters. The van der Waals surface area contributed by atoms with Crippen LogP contribution in [0.2, 0.25) is 4.34 Å². The molecule has 9 heteroatoms. The van der Waals surface area contributed by atoms with Gasteiger partial charge in [0.25, 0.3) is 0 Å². The van der Waals surface area contributed by atoms with Crippen molar-refractivity contribution in [2.24, 2.45) is 0 Å². The highest BCUT2D eigenvalue weighted by atomic mass is 127. The van der Waals surface area contributed by atoms with E-state index in [-0.39, 0.29) is 10.8 Å². The number of esters is 1. The maximum absolute atomic E-state index is 11.7. The third-order valence-electron chi connectivity index (χ3n) is 1.72. The summed E-state index contributed by atoms with van der Waals surface area (Å²) < 4.78 is 30.2. The number of methoxy groups -OCH3 is 1. The minimum absolute atomic E-state index is 0.0227. The topological polar surface area (TPSA) is 72.5 Å². The molecule has 5 nitrogen and oxygen atoms in total. The second-order valence-corrected chi connectivity index (χ2v) is 8.11. The van der Waals surface area contributed by atoms with Crippen molar-refractivity contribution < 1.29 is 17.9 Å². The first-order chi connectivity index (χ1) is 7.86. The summed E-state index contributed by atoms with van der Waals surface area (Å²) in [4.78, 5) is 11.1. The van der Waals surface area contributed by atoms with Crippen LogP contribution in [0.4, 0.5) is 0 Å². The Bertz CT molecular complexity index is 501. The molecule has 1 aromatic rings. The SMILES string of the molecule is COC(=O)C(I)CNS(=O)(=O)c1ccc(Cl)s1. The monoisotopic (exact) mass is 409 g/mol. The Morgan fingerprint density at radius 2 is 2.29 bits per heavy atom. The van der Waals surface area contributed by atoms with Gasteiger partial charge in [-0.2, -0.15) is 0 Å². The molecule has 1 heterocycles. The number of hydrogen-bond acceptors (Lipinski definition) is 5. The highest BCUT2D eigenvalue weighted by molar-refractivity contribution is 14.1. The maximum atomic E-state index is 11.7. The summed E-state index contributed by atoms with van der Waals surface area (Å²) in [6.45, 7) is -0.0227. The quantitative estimate of drug-likeness (QED) is 0.456. The zero-order chi connectivity index (χ0) is 13.1. The lowest BCUT2D eigenvalue weighted by atomic mass is 10.4. The number of rotatable bonds is 5. The number of alkyl halides is 1. The van der Waals surface area contributed by atoms with Gasteiger partial charge >= 0.3 is 5.97 Å². The van der Waals surface area contributed by atoms with Crippen molar-refractivity contribution in [1.29, 1.82) is 0 Å². The molecule has 1 N–H and O–H groups in total. The molecule has 0 aliphatic heterocycles. The number of carbonyl (C=O) groups is 1. The Morgan fingerprint density at radius 3 is 2.76 bits per heavy atom. The lowest BCUT2D eigenvalue weighted by molar-refractivity contribution is -0.139. The second-order valence-electron chi connectivity index (χ2n) is 2.90. The van der Waals surface area contributed by atoms with Gasteiger partial charge in [0.15, 0.2) is 0 Å². The van der Waals surface area contributed by atoms with Crippen molar-refractivity contribution >= 4 is 61.5 Å². The number of sulfonamides is 1. The summed E-state index contributed by atoms with van der Waals surface area (Å²) in [5.74, 6) is -0.475. The molecule has 0 aliphatic carbocycles. The first kappa shape index (κ1) is 15.2.